The highest BCUT2D eigenvalue weighted by Crippen LogP contribution is 2.23. The second-order valence-electron chi connectivity index (χ2n) is 6.33. The van der Waals surface area contributed by atoms with Gasteiger partial charge in [-0.2, -0.15) is 4.68 Å². The molecule has 0 radical (unpaired) electrons. The van der Waals surface area contributed by atoms with Crippen molar-refractivity contribution in [3.63, 3.8) is 0 Å². The predicted molar refractivity (Wildman–Crippen MR) is 99.8 cm³/mol. The number of hydrogen-bond acceptors (Lipinski definition) is 7. The molecule has 3 heterocycles. The molecule has 0 amide bonds. The van der Waals surface area contributed by atoms with Gasteiger partial charge in [-0.15, -0.1) is 11.3 Å². The molecule has 0 bridgehead atoms. The summed E-state index contributed by atoms with van der Waals surface area (Å²) in [7, 11) is 0. The third-order valence-electron chi connectivity index (χ3n) is 4.39. The monoisotopic (exact) mass is 355 g/mol. The Balaban J connectivity index is 1.53. The van der Waals surface area contributed by atoms with Crippen molar-refractivity contribution in [2.45, 2.75) is 20.3 Å². The number of thiazole rings is 1. The predicted octanol–water partition coefficient (Wildman–Crippen LogP) is 2.45. The second kappa shape index (κ2) is 6.79. The average Bonchev–Trinajstić information content (AvgIpc) is 3.19. The first-order valence-corrected chi connectivity index (χ1v) is 9.36. The van der Waals surface area contributed by atoms with Crippen LogP contribution in [0.5, 0.6) is 0 Å². The first-order valence-electron chi connectivity index (χ1n) is 8.48. The van der Waals surface area contributed by atoms with Crippen LogP contribution in [0.1, 0.15) is 17.7 Å². The van der Waals surface area contributed by atoms with Crippen molar-refractivity contribution in [2.24, 2.45) is 0 Å². The van der Waals surface area contributed by atoms with E-state index in [-0.39, 0.29) is 0 Å². The molecule has 1 saturated heterocycles. The van der Waals surface area contributed by atoms with Gasteiger partial charge in [0.15, 0.2) is 5.13 Å². The first kappa shape index (κ1) is 16.0. The minimum absolute atomic E-state index is 0.807. The largest absolute Gasteiger partial charge is 0.346 e. The molecule has 4 rings (SSSR count). The Morgan fingerprint density at radius 3 is 2.48 bits per heavy atom. The van der Waals surface area contributed by atoms with Gasteiger partial charge in [0.25, 0.3) is 0 Å². The van der Waals surface area contributed by atoms with Crippen LogP contribution in [-0.4, -0.2) is 51.4 Å². The third-order valence-corrected chi connectivity index (χ3v) is 5.41. The second-order valence-corrected chi connectivity index (χ2v) is 7.16. The van der Waals surface area contributed by atoms with Crippen LogP contribution in [0.25, 0.3) is 5.69 Å². The number of aromatic nitrogens is 5. The maximum atomic E-state index is 4.62. The third kappa shape index (κ3) is 3.34. The standard InChI is InChI=1S/C17H21N7S/c1-13-4-6-15(7-5-13)24-16(19-20-21-24)22-8-3-9-23(11-10-22)17-18-14(2)12-25-17/h4-7,12H,3,8-11H2,1-2H3. The Hall–Kier alpha value is -2.48. The minimum Gasteiger partial charge on any atom is -0.346 e. The molecule has 1 aliphatic heterocycles. The van der Waals surface area contributed by atoms with Crippen LogP contribution >= 0.6 is 11.3 Å². The highest BCUT2D eigenvalue weighted by molar-refractivity contribution is 7.13. The molecule has 0 aliphatic carbocycles. The van der Waals surface area contributed by atoms with Crippen molar-refractivity contribution >= 4 is 22.4 Å². The molecule has 0 atom stereocenters. The SMILES string of the molecule is Cc1ccc(-n2nnnc2N2CCCN(c3nc(C)cs3)CC2)cc1. The smallest absolute Gasteiger partial charge is 0.250 e. The first-order chi connectivity index (χ1) is 12.2. The van der Waals surface area contributed by atoms with Crippen LogP contribution in [0.15, 0.2) is 29.6 Å². The summed E-state index contributed by atoms with van der Waals surface area (Å²) < 4.78 is 1.82. The molecule has 25 heavy (non-hydrogen) atoms. The van der Waals surface area contributed by atoms with E-state index >= 15 is 0 Å². The molecule has 8 heteroatoms. The zero-order valence-corrected chi connectivity index (χ0v) is 15.3. The lowest BCUT2D eigenvalue weighted by Gasteiger charge is -2.22. The van der Waals surface area contributed by atoms with Crippen molar-refractivity contribution in [1.82, 2.24) is 25.2 Å². The molecular weight excluding hydrogens is 334 g/mol. The van der Waals surface area contributed by atoms with Gasteiger partial charge < -0.3 is 9.80 Å². The van der Waals surface area contributed by atoms with Crippen molar-refractivity contribution in [3.8, 4) is 5.69 Å². The van der Waals surface area contributed by atoms with Gasteiger partial charge in [-0.05, 0) is 42.8 Å². The highest BCUT2D eigenvalue weighted by atomic mass is 32.1. The van der Waals surface area contributed by atoms with Crippen LogP contribution < -0.4 is 9.80 Å². The molecule has 2 aromatic heterocycles. The number of anilines is 2. The van der Waals surface area contributed by atoms with Gasteiger partial charge >= 0.3 is 0 Å². The number of tetrazole rings is 1. The summed E-state index contributed by atoms with van der Waals surface area (Å²) in [5, 5.41) is 15.6. The summed E-state index contributed by atoms with van der Waals surface area (Å²) in [6, 6.07) is 8.26. The summed E-state index contributed by atoms with van der Waals surface area (Å²) in [5.74, 6) is 0.807. The lowest BCUT2D eigenvalue weighted by Crippen LogP contribution is -2.32. The number of hydrogen-bond donors (Lipinski definition) is 0. The summed E-state index contributed by atoms with van der Waals surface area (Å²) in [6.45, 7) is 7.87. The summed E-state index contributed by atoms with van der Waals surface area (Å²) >= 11 is 1.72. The molecule has 0 saturated carbocycles. The lowest BCUT2D eigenvalue weighted by molar-refractivity contribution is 0.743. The number of rotatable bonds is 3. The molecule has 1 fully saturated rings. The topological polar surface area (TPSA) is 63.0 Å². The fourth-order valence-corrected chi connectivity index (χ4v) is 3.89. The maximum absolute atomic E-state index is 4.62. The fourth-order valence-electron chi connectivity index (χ4n) is 3.03. The van der Waals surface area contributed by atoms with E-state index < -0.39 is 0 Å². The van der Waals surface area contributed by atoms with E-state index in [1.165, 1.54) is 5.56 Å². The number of nitrogens with zero attached hydrogens (tertiary/aromatic N) is 7. The Labute approximate surface area is 150 Å². The van der Waals surface area contributed by atoms with Gasteiger partial charge in [-0.3, -0.25) is 0 Å². The molecule has 3 aromatic rings. The fraction of sp³-hybridized carbons (Fsp3) is 0.412. The maximum Gasteiger partial charge on any atom is 0.250 e. The molecule has 0 unspecified atom stereocenters. The Morgan fingerprint density at radius 2 is 1.72 bits per heavy atom. The lowest BCUT2D eigenvalue weighted by atomic mass is 10.2. The quantitative estimate of drug-likeness (QED) is 0.719. The van der Waals surface area contributed by atoms with Gasteiger partial charge in [0.2, 0.25) is 5.95 Å². The van der Waals surface area contributed by atoms with Crippen molar-refractivity contribution in [1.29, 1.82) is 0 Å². The Morgan fingerprint density at radius 1 is 0.960 bits per heavy atom. The van der Waals surface area contributed by atoms with Crippen LogP contribution in [0.3, 0.4) is 0 Å². The zero-order chi connectivity index (χ0) is 17.2. The average molecular weight is 355 g/mol. The minimum atomic E-state index is 0.807. The van der Waals surface area contributed by atoms with Gasteiger partial charge in [0.1, 0.15) is 0 Å². The summed E-state index contributed by atoms with van der Waals surface area (Å²) in [4.78, 5) is 9.24. The van der Waals surface area contributed by atoms with E-state index in [4.69, 9.17) is 0 Å². The molecule has 1 aliphatic rings. The van der Waals surface area contributed by atoms with Crippen LogP contribution in [0, 0.1) is 13.8 Å². The highest BCUT2D eigenvalue weighted by Gasteiger charge is 2.21. The van der Waals surface area contributed by atoms with Crippen molar-refractivity contribution in [3.05, 3.63) is 40.9 Å². The molecule has 0 spiro atoms. The summed E-state index contributed by atoms with van der Waals surface area (Å²) in [6.07, 6.45) is 1.05. The summed E-state index contributed by atoms with van der Waals surface area (Å²) in [5.41, 5.74) is 3.30. The molecule has 1 aromatic carbocycles. The Kier molecular flexibility index (Phi) is 4.35. The molecular formula is C17H21N7S. The molecule has 0 N–H and O–H groups in total. The van der Waals surface area contributed by atoms with Crippen molar-refractivity contribution in [2.75, 3.05) is 36.0 Å². The van der Waals surface area contributed by atoms with Crippen LogP contribution in [0.2, 0.25) is 0 Å². The molecule has 7 nitrogen and oxygen atoms in total. The van der Waals surface area contributed by atoms with E-state index in [1.54, 1.807) is 11.3 Å². The van der Waals surface area contributed by atoms with E-state index in [1.807, 2.05) is 11.6 Å². The van der Waals surface area contributed by atoms with Crippen LogP contribution in [-0.2, 0) is 0 Å². The number of benzene rings is 1. The van der Waals surface area contributed by atoms with E-state index in [0.29, 0.717) is 0 Å². The Bertz CT molecular complexity index is 839. The molecule has 130 valence electrons. The van der Waals surface area contributed by atoms with E-state index in [0.717, 1.165) is 55.1 Å². The zero-order valence-electron chi connectivity index (χ0n) is 14.5. The van der Waals surface area contributed by atoms with Gasteiger partial charge in [-0.1, -0.05) is 22.8 Å². The van der Waals surface area contributed by atoms with Gasteiger partial charge in [0, 0.05) is 31.6 Å². The van der Waals surface area contributed by atoms with Gasteiger partial charge in [-0.25, -0.2) is 4.98 Å². The van der Waals surface area contributed by atoms with E-state index in [2.05, 4.69) is 66.9 Å². The van der Waals surface area contributed by atoms with Crippen molar-refractivity contribution < 1.29 is 0 Å². The number of aryl methyl sites for hydroxylation is 2. The van der Waals surface area contributed by atoms with Crippen LogP contribution in [0.4, 0.5) is 11.1 Å². The van der Waals surface area contributed by atoms with Gasteiger partial charge in [0.05, 0.1) is 11.4 Å². The van der Waals surface area contributed by atoms with E-state index in [9.17, 15) is 0 Å². The normalized spacial score (nSPS) is 15.4.